The largest absolute Gasteiger partial charge is 0.419 e. The molecule has 22 heavy (non-hydrogen) atoms. The average Bonchev–Trinajstić information content (AvgIpc) is 3.25. The molecule has 9 heteroatoms. The van der Waals surface area contributed by atoms with E-state index in [9.17, 15) is 0 Å². The van der Waals surface area contributed by atoms with Gasteiger partial charge in [-0.3, -0.25) is 0 Å². The molecule has 0 aliphatic heterocycles. The first kappa shape index (κ1) is 15.4. The van der Waals surface area contributed by atoms with Crippen LogP contribution in [0.3, 0.4) is 0 Å². The Morgan fingerprint density at radius 2 is 2.23 bits per heavy atom. The van der Waals surface area contributed by atoms with E-state index in [1.54, 1.807) is 34.4 Å². The van der Waals surface area contributed by atoms with Crippen LogP contribution >= 0.6 is 34.4 Å². The summed E-state index contributed by atoms with van der Waals surface area (Å²) in [5, 5.41) is 22.6. The van der Waals surface area contributed by atoms with Crippen LogP contribution in [0, 0.1) is 0 Å². The summed E-state index contributed by atoms with van der Waals surface area (Å²) < 4.78 is 6.63. The molecule has 0 amide bonds. The maximum Gasteiger partial charge on any atom is 0.257 e. The maximum absolute atomic E-state index is 5.74. The normalized spacial score (nSPS) is 12.5. The van der Waals surface area contributed by atoms with Crippen LogP contribution in [0.25, 0.3) is 10.8 Å². The molecule has 3 aromatic rings. The zero-order valence-corrected chi connectivity index (χ0v) is 14.6. The highest BCUT2D eigenvalue weighted by molar-refractivity contribution is 8.01. The molecular weight excluding hydrogens is 338 g/mol. The summed E-state index contributed by atoms with van der Waals surface area (Å²) in [6.45, 7) is 5.05. The van der Waals surface area contributed by atoms with Crippen LogP contribution in [0.2, 0.25) is 0 Å². The second-order valence-electron chi connectivity index (χ2n) is 4.48. The molecule has 1 unspecified atom stereocenters. The van der Waals surface area contributed by atoms with Gasteiger partial charge in [-0.1, -0.05) is 36.1 Å². The predicted octanol–water partition coefficient (Wildman–Crippen LogP) is 4.32. The van der Waals surface area contributed by atoms with E-state index in [1.807, 2.05) is 24.4 Å². The van der Waals surface area contributed by atoms with Crippen LogP contribution in [0.5, 0.6) is 0 Å². The van der Waals surface area contributed by atoms with Crippen LogP contribution < -0.4 is 5.32 Å². The number of nitrogens with zero attached hydrogens (tertiary/aromatic N) is 4. The molecule has 116 valence electrons. The van der Waals surface area contributed by atoms with E-state index >= 15 is 0 Å². The SMILES string of the molecule is CCCNc1nnc(SC(C)c2nnc(-c3cccs3)o2)s1. The lowest BCUT2D eigenvalue weighted by atomic mass is 10.5. The lowest BCUT2D eigenvalue weighted by Crippen LogP contribution is -1.98. The summed E-state index contributed by atoms with van der Waals surface area (Å²) in [6, 6.07) is 3.93. The van der Waals surface area contributed by atoms with Crippen LogP contribution in [-0.4, -0.2) is 26.9 Å². The molecule has 0 radical (unpaired) electrons. The summed E-state index contributed by atoms with van der Waals surface area (Å²) in [7, 11) is 0. The van der Waals surface area contributed by atoms with Gasteiger partial charge in [0.1, 0.15) is 0 Å². The molecule has 1 atom stereocenters. The number of hydrogen-bond acceptors (Lipinski definition) is 9. The van der Waals surface area contributed by atoms with Crippen molar-refractivity contribution in [2.75, 3.05) is 11.9 Å². The molecule has 3 aromatic heterocycles. The smallest absolute Gasteiger partial charge is 0.257 e. The monoisotopic (exact) mass is 353 g/mol. The Hall–Kier alpha value is -1.45. The Bertz CT molecular complexity index is 709. The highest BCUT2D eigenvalue weighted by atomic mass is 32.2. The van der Waals surface area contributed by atoms with Crippen molar-refractivity contribution in [3.63, 3.8) is 0 Å². The number of hydrogen-bond donors (Lipinski definition) is 1. The molecule has 3 rings (SSSR count). The Labute approximate surface area is 140 Å². The fourth-order valence-corrected chi connectivity index (χ4v) is 4.26. The lowest BCUT2D eigenvalue weighted by Gasteiger charge is -2.01. The van der Waals surface area contributed by atoms with Crippen LogP contribution in [0.1, 0.15) is 31.4 Å². The number of thioether (sulfide) groups is 1. The molecular formula is C13H15N5OS3. The second-order valence-corrected chi connectivity index (χ2v) is 8.00. The number of thiophene rings is 1. The molecule has 0 aromatic carbocycles. The van der Waals surface area contributed by atoms with Crippen molar-refractivity contribution >= 4 is 39.6 Å². The third-order valence-electron chi connectivity index (χ3n) is 2.73. The van der Waals surface area contributed by atoms with Crippen LogP contribution in [-0.2, 0) is 0 Å². The fraction of sp³-hybridized carbons (Fsp3) is 0.385. The van der Waals surface area contributed by atoms with Gasteiger partial charge in [0.05, 0.1) is 10.1 Å². The van der Waals surface area contributed by atoms with E-state index in [0.29, 0.717) is 11.8 Å². The van der Waals surface area contributed by atoms with Gasteiger partial charge in [0, 0.05) is 6.54 Å². The Balaban J connectivity index is 1.64. The number of anilines is 1. The van der Waals surface area contributed by atoms with E-state index in [1.165, 1.54) is 0 Å². The first-order valence-corrected chi connectivity index (χ1v) is 9.45. The molecule has 0 spiro atoms. The van der Waals surface area contributed by atoms with Gasteiger partial charge >= 0.3 is 0 Å². The van der Waals surface area contributed by atoms with Gasteiger partial charge in [0.2, 0.25) is 11.0 Å². The van der Waals surface area contributed by atoms with Gasteiger partial charge in [-0.2, -0.15) is 0 Å². The van der Waals surface area contributed by atoms with Crippen molar-refractivity contribution in [2.45, 2.75) is 29.9 Å². The maximum atomic E-state index is 5.74. The Morgan fingerprint density at radius 3 is 3.00 bits per heavy atom. The molecule has 6 nitrogen and oxygen atoms in total. The molecule has 0 aliphatic carbocycles. The van der Waals surface area contributed by atoms with Crippen molar-refractivity contribution in [1.82, 2.24) is 20.4 Å². The number of rotatable bonds is 7. The van der Waals surface area contributed by atoms with E-state index < -0.39 is 0 Å². The Morgan fingerprint density at radius 1 is 1.32 bits per heavy atom. The molecule has 1 N–H and O–H groups in total. The summed E-state index contributed by atoms with van der Waals surface area (Å²) >= 11 is 4.70. The van der Waals surface area contributed by atoms with Crippen molar-refractivity contribution in [2.24, 2.45) is 0 Å². The number of nitrogens with one attached hydrogen (secondary N) is 1. The van der Waals surface area contributed by atoms with Crippen molar-refractivity contribution < 1.29 is 4.42 Å². The quantitative estimate of drug-likeness (QED) is 0.634. The summed E-state index contributed by atoms with van der Waals surface area (Å²) in [4.78, 5) is 0.984. The van der Waals surface area contributed by atoms with Crippen LogP contribution in [0.15, 0.2) is 26.3 Å². The topological polar surface area (TPSA) is 76.7 Å². The summed E-state index contributed by atoms with van der Waals surface area (Å²) in [6.07, 6.45) is 1.06. The van der Waals surface area contributed by atoms with Gasteiger partial charge in [-0.25, -0.2) is 0 Å². The molecule has 0 aliphatic rings. The molecule has 0 fully saturated rings. The molecule has 0 saturated carbocycles. The van der Waals surface area contributed by atoms with E-state index in [2.05, 4.69) is 32.6 Å². The zero-order valence-electron chi connectivity index (χ0n) is 12.1. The minimum Gasteiger partial charge on any atom is -0.419 e. The first-order chi connectivity index (χ1) is 10.8. The molecule has 0 saturated heterocycles. The molecule has 0 bridgehead atoms. The summed E-state index contributed by atoms with van der Waals surface area (Å²) in [5.41, 5.74) is 0. The third kappa shape index (κ3) is 3.65. The average molecular weight is 353 g/mol. The minimum atomic E-state index is 0.0354. The van der Waals surface area contributed by atoms with Gasteiger partial charge in [0.25, 0.3) is 5.89 Å². The second kappa shape index (κ2) is 7.21. The van der Waals surface area contributed by atoms with E-state index in [4.69, 9.17) is 4.42 Å². The van der Waals surface area contributed by atoms with Gasteiger partial charge in [0.15, 0.2) is 4.34 Å². The highest BCUT2D eigenvalue weighted by Crippen LogP contribution is 2.37. The molecule has 3 heterocycles. The van der Waals surface area contributed by atoms with E-state index in [-0.39, 0.29) is 5.25 Å². The van der Waals surface area contributed by atoms with Gasteiger partial charge in [-0.05, 0) is 24.8 Å². The van der Waals surface area contributed by atoms with Gasteiger partial charge in [-0.15, -0.1) is 31.7 Å². The summed E-state index contributed by atoms with van der Waals surface area (Å²) in [5.74, 6) is 1.17. The minimum absolute atomic E-state index is 0.0354. The first-order valence-electron chi connectivity index (χ1n) is 6.87. The van der Waals surface area contributed by atoms with Crippen molar-refractivity contribution in [1.29, 1.82) is 0 Å². The predicted molar refractivity (Wildman–Crippen MR) is 90.6 cm³/mol. The van der Waals surface area contributed by atoms with Gasteiger partial charge < -0.3 is 9.73 Å². The number of aromatic nitrogens is 4. The fourth-order valence-electron chi connectivity index (χ4n) is 1.66. The van der Waals surface area contributed by atoms with Crippen molar-refractivity contribution in [3.8, 4) is 10.8 Å². The highest BCUT2D eigenvalue weighted by Gasteiger charge is 2.18. The third-order valence-corrected chi connectivity index (χ3v) is 5.64. The lowest BCUT2D eigenvalue weighted by molar-refractivity contribution is 0.510. The Kier molecular flexibility index (Phi) is 5.06. The zero-order chi connectivity index (χ0) is 15.4. The standard InChI is InChI=1S/C13H15N5OS3/c1-3-6-14-12-17-18-13(22-12)21-8(2)10-15-16-11(19-10)9-5-4-7-20-9/h4-5,7-8H,3,6H2,1-2H3,(H,14,17). The van der Waals surface area contributed by atoms with E-state index in [0.717, 1.165) is 27.3 Å². The van der Waals surface area contributed by atoms with Crippen molar-refractivity contribution in [3.05, 3.63) is 23.4 Å². The van der Waals surface area contributed by atoms with Crippen LogP contribution in [0.4, 0.5) is 5.13 Å².